The van der Waals surface area contributed by atoms with Crippen LogP contribution in [0.4, 0.5) is 4.79 Å². The van der Waals surface area contributed by atoms with Crippen molar-refractivity contribution in [2.24, 2.45) is 10.9 Å². The highest BCUT2D eigenvalue weighted by Crippen LogP contribution is 2.29. The van der Waals surface area contributed by atoms with E-state index in [1.165, 1.54) is 4.90 Å². The number of aliphatic imine (C=N–C) groups is 1. The number of rotatable bonds is 5. The summed E-state index contributed by atoms with van der Waals surface area (Å²) in [6, 6.07) is 6.73. The van der Waals surface area contributed by atoms with E-state index < -0.39 is 18.2 Å². The van der Waals surface area contributed by atoms with Crippen LogP contribution in [0.1, 0.15) is 6.92 Å². The van der Waals surface area contributed by atoms with Gasteiger partial charge < -0.3 is 14.2 Å². The lowest BCUT2D eigenvalue weighted by molar-refractivity contribution is -0.127. The number of amidine groups is 1. The Morgan fingerprint density at radius 2 is 2.15 bits per heavy atom. The van der Waals surface area contributed by atoms with Gasteiger partial charge in [-0.1, -0.05) is 30.8 Å². The molecule has 3 heterocycles. The van der Waals surface area contributed by atoms with E-state index in [1.807, 2.05) is 29.2 Å². The molecule has 8 nitrogen and oxygen atoms in total. The van der Waals surface area contributed by atoms with Crippen molar-refractivity contribution in [3.05, 3.63) is 24.3 Å². The fourth-order valence-corrected chi connectivity index (χ4v) is 4.62. The second-order valence-corrected chi connectivity index (χ2v) is 8.36. The molecule has 27 heavy (non-hydrogen) atoms. The Hall–Kier alpha value is -2.07. The predicted molar refractivity (Wildman–Crippen MR) is 106 cm³/mol. The number of nitrogens with zero attached hydrogens (tertiary/aromatic N) is 4. The Bertz CT molecular complexity index is 899. The molecule has 1 N–H and O–H groups in total. The molecule has 0 saturated carbocycles. The van der Waals surface area contributed by atoms with Crippen LogP contribution in [-0.4, -0.2) is 63.0 Å². The molecule has 142 valence electrons. The number of hydrogen-bond acceptors (Lipinski definition) is 7. The van der Waals surface area contributed by atoms with Crippen LogP contribution in [0.25, 0.3) is 11.1 Å². The zero-order chi connectivity index (χ0) is 19.1. The lowest BCUT2D eigenvalue weighted by Crippen LogP contribution is -2.63. The van der Waals surface area contributed by atoms with Crippen LogP contribution < -0.4 is 5.32 Å². The summed E-state index contributed by atoms with van der Waals surface area (Å²) in [7, 11) is 1.64. The molecule has 4 rings (SSSR count). The third-order valence-corrected chi connectivity index (χ3v) is 6.40. The van der Waals surface area contributed by atoms with Crippen LogP contribution in [0.2, 0.25) is 0 Å². The lowest BCUT2D eigenvalue weighted by Gasteiger charge is -2.36. The Morgan fingerprint density at radius 3 is 2.93 bits per heavy atom. The summed E-state index contributed by atoms with van der Waals surface area (Å²) in [5, 5.41) is 3.01. The van der Waals surface area contributed by atoms with E-state index >= 15 is 0 Å². The summed E-state index contributed by atoms with van der Waals surface area (Å²) in [6.45, 7) is 2.72. The number of carbonyl (C=O) groups is 2. The molecule has 10 heteroatoms. The molecule has 3 amide bonds. The van der Waals surface area contributed by atoms with Crippen LogP contribution >= 0.6 is 27.7 Å². The number of halogens is 1. The van der Waals surface area contributed by atoms with E-state index in [9.17, 15) is 9.59 Å². The lowest BCUT2D eigenvalue weighted by atomic mass is 10.1. The van der Waals surface area contributed by atoms with Crippen molar-refractivity contribution in [2.75, 3.05) is 19.3 Å². The molecule has 2 aromatic rings. The maximum Gasteiger partial charge on any atom is 0.325 e. The van der Waals surface area contributed by atoms with Crippen molar-refractivity contribution in [1.29, 1.82) is 0 Å². The summed E-state index contributed by atoms with van der Waals surface area (Å²) < 4.78 is 6.33. The second kappa shape index (κ2) is 7.16. The number of urea groups is 1. The molecule has 2 aliphatic rings. The molecule has 1 saturated heterocycles. The number of likely N-dealkylation sites (N-methyl/N-ethyl adjacent to an activating group) is 1. The molecule has 1 fully saturated rings. The van der Waals surface area contributed by atoms with E-state index in [4.69, 9.17) is 4.42 Å². The Labute approximate surface area is 168 Å². The van der Waals surface area contributed by atoms with Gasteiger partial charge in [0, 0.05) is 19.3 Å². The van der Waals surface area contributed by atoms with E-state index in [2.05, 4.69) is 38.1 Å². The summed E-state index contributed by atoms with van der Waals surface area (Å²) in [4.78, 5) is 36.4. The molecule has 0 spiro atoms. The van der Waals surface area contributed by atoms with Gasteiger partial charge in [0.1, 0.15) is 5.52 Å². The van der Waals surface area contributed by atoms with Crippen molar-refractivity contribution >= 4 is 55.5 Å². The molecule has 3 atom stereocenters. The number of oxazole rings is 1. The Morgan fingerprint density at radius 1 is 1.37 bits per heavy atom. The molecule has 0 aliphatic carbocycles. The van der Waals surface area contributed by atoms with Gasteiger partial charge in [-0.05, 0) is 34.0 Å². The zero-order valence-electron chi connectivity index (χ0n) is 14.8. The first-order chi connectivity index (χ1) is 12.9. The quantitative estimate of drug-likeness (QED) is 0.554. The average molecular weight is 452 g/mol. The molecule has 2 aliphatic heterocycles. The fourth-order valence-electron chi connectivity index (χ4n) is 3.20. The minimum absolute atomic E-state index is 0.238. The Kier molecular flexibility index (Phi) is 4.85. The van der Waals surface area contributed by atoms with Gasteiger partial charge in [0.25, 0.3) is 11.1 Å². The third-order valence-electron chi connectivity index (χ3n) is 4.58. The molecular formula is C17H18BrN5O3S. The zero-order valence-corrected chi connectivity index (χ0v) is 17.2. The minimum atomic E-state index is -0.515. The van der Waals surface area contributed by atoms with Crippen molar-refractivity contribution in [2.45, 2.75) is 24.4 Å². The van der Waals surface area contributed by atoms with Crippen molar-refractivity contribution in [1.82, 2.24) is 20.1 Å². The number of carbonyl (C=O) groups excluding carboxylic acids is 2. The molecule has 1 aromatic heterocycles. The molecule has 1 aromatic carbocycles. The van der Waals surface area contributed by atoms with Gasteiger partial charge in [-0.2, -0.15) is 0 Å². The normalized spacial score (nSPS) is 23.4. The number of aromatic nitrogens is 1. The highest BCUT2D eigenvalue weighted by molar-refractivity contribution is 9.18. The standard InChI is InChI=1S/C17H18BrN5O3S/c1-9(8-27-17-19-10-5-3-4-6-11(10)26-17)7-23-12-13(20-15(23)18)22(2)16(25)21-14(12)24/h3-6,9,12-13H,7-8H2,1-2H3,(H,21,24,25). The largest absolute Gasteiger partial charge is 0.431 e. The van der Waals surface area contributed by atoms with Gasteiger partial charge in [0.05, 0.1) is 0 Å². The van der Waals surface area contributed by atoms with Crippen LogP contribution in [-0.2, 0) is 4.79 Å². The number of para-hydroxylation sites is 2. The van der Waals surface area contributed by atoms with Gasteiger partial charge in [-0.15, -0.1) is 0 Å². The van der Waals surface area contributed by atoms with Crippen LogP contribution in [0.15, 0.2) is 38.9 Å². The smallest absolute Gasteiger partial charge is 0.325 e. The third kappa shape index (κ3) is 3.43. The van der Waals surface area contributed by atoms with Crippen molar-refractivity contribution < 1.29 is 14.0 Å². The molecular weight excluding hydrogens is 434 g/mol. The predicted octanol–water partition coefficient (Wildman–Crippen LogP) is 2.50. The first-order valence-corrected chi connectivity index (χ1v) is 10.3. The summed E-state index contributed by atoms with van der Waals surface area (Å²) >= 11 is 4.98. The number of nitrogens with one attached hydrogen (secondary N) is 1. The fraction of sp³-hybridized carbons (Fsp3) is 0.412. The number of imide groups is 1. The van der Waals surface area contributed by atoms with E-state index in [0.29, 0.717) is 16.5 Å². The van der Waals surface area contributed by atoms with Gasteiger partial charge >= 0.3 is 6.03 Å². The number of fused-ring (bicyclic) bond motifs is 2. The number of hydrogen-bond donors (Lipinski definition) is 1. The first-order valence-electron chi connectivity index (χ1n) is 8.50. The van der Waals surface area contributed by atoms with Gasteiger partial charge in [0.2, 0.25) is 0 Å². The second-order valence-electron chi connectivity index (χ2n) is 6.68. The number of benzene rings is 1. The summed E-state index contributed by atoms with van der Waals surface area (Å²) in [5.41, 5.74) is 1.62. The number of amides is 3. The maximum atomic E-state index is 12.3. The molecule has 0 radical (unpaired) electrons. The van der Waals surface area contributed by atoms with Crippen molar-refractivity contribution in [3.63, 3.8) is 0 Å². The first kappa shape index (κ1) is 18.3. The van der Waals surface area contributed by atoms with E-state index in [-0.39, 0.29) is 11.8 Å². The van der Waals surface area contributed by atoms with Gasteiger partial charge in [-0.25, -0.2) is 14.8 Å². The Balaban J connectivity index is 1.40. The van der Waals surface area contributed by atoms with Crippen LogP contribution in [0.3, 0.4) is 0 Å². The monoisotopic (exact) mass is 451 g/mol. The average Bonchev–Trinajstić information content (AvgIpc) is 3.19. The van der Waals surface area contributed by atoms with Crippen LogP contribution in [0, 0.1) is 5.92 Å². The molecule has 0 bridgehead atoms. The number of thioether (sulfide) groups is 1. The molecule has 3 unspecified atom stereocenters. The van der Waals surface area contributed by atoms with E-state index in [0.717, 1.165) is 16.9 Å². The van der Waals surface area contributed by atoms with E-state index in [1.54, 1.807) is 18.8 Å². The topological polar surface area (TPSA) is 91.0 Å². The summed E-state index contributed by atoms with van der Waals surface area (Å²) in [5.74, 6) is 0.694. The summed E-state index contributed by atoms with van der Waals surface area (Å²) in [6.07, 6.45) is -0.502. The van der Waals surface area contributed by atoms with Crippen LogP contribution in [0.5, 0.6) is 0 Å². The highest BCUT2D eigenvalue weighted by atomic mass is 79.9. The van der Waals surface area contributed by atoms with Crippen molar-refractivity contribution in [3.8, 4) is 0 Å². The maximum absolute atomic E-state index is 12.3. The highest BCUT2D eigenvalue weighted by Gasteiger charge is 2.48. The van der Waals surface area contributed by atoms with Gasteiger partial charge in [0.15, 0.2) is 22.5 Å². The van der Waals surface area contributed by atoms with Gasteiger partial charge in [-0.3, -0.25) is 10.1 Å². The SMILES string of the molecule is CC(CSc1nc2ccccc2o1)CN1C(Br)=NC2C1C(=O)NC(=O)N2C. The minimum Gasteiger partial charge on any atom is -0.431 e.